The highest BCUT2D eigenvalue weighted by atomic mass is 15.3. The quantitative estimate of drug-likeness (QED) is 0.173. The van der Waals surface area contributed by atoms with Crippen LogP contribution in [0.2, 0.25) is 0 Å². The molecule has 0 spiro atoms. The normalized spacial score (nSPS) is 12.2. The van der Waals surface area contributed by atoms with Gasteiger partial charge < -0.3 is 13.7 Å². The van der Waals surface area contributed by atoms with Crippen LogP contribution in [-0.2, 0) is 7.05 Å². The Labute approximate surface area is 388 Å². The van der Waals surface area contributed by atoms with Crippen molar-refractivity contribution >= 4 is 98.4 Å². The van der Waals surface area contributed by atoms with Gasteiger partial charge >= 0.3 is 0 Å². The molecule has 8 heteroatoms. The molecule has 0 fully saturated rings. The van der Waals surface area contributed by atoms with Crippen LogP contribution in [-0.4, -0.2) is 37.8 Å². The molecule has 9 aromatic carbocycles. The highest BCUT2D eigenvalue weighted by Crippen LogP contribution is 2.45. The molecule has 8 nitrogen and oxygen atoms in total. The number of aromatic nitrogens is 8. The summed E-state index contributed by atoms with van der Waals surface area (Å²) in [5.41, 5.74) is 13.4. The standard InChI is InChI=1S/C60H38N8/c1-64-56-58(63-60(64)68-47-30-16-12-26-41(47)43-34-36-51-53(55(43)68)45-28-14-18-32-49(45)66(51)39-23-9-4-10-24-39)61-57(37-19-5-2-6-20-37)62-59(56)67-46-29-15-11-25-40(46)42-33-35-50-52(54(42)67)44-27-13-17-31-48(44)65(50)38-21-7-3-8-22-38/h2-36H,1H3. The van der Waals surface area contributed by atoms with Crippen LogP contribution in [0.1, 0.15) is 0 Å². The second kappa shape index (κ2) is 13.9. The first-order valence-electron chi connectivity index (χ1n) is 23.0. The Kier molecular flexibility index (Phi) is 7.55. The third-order valence-electron chi connectivity index (χ3n) is 14.1. The second-order valence-electron chi connectivity index (χ2n) is 17.7. The van der Waals surface area contributed by atoms with Crippen molar-refractivity contribution in [1.29, 1.82) is 0 Å². The molecule has 318 valence electrons. The molecule has 0 aliphatic heterocycles. The highest BCUT2D eigenvalue weighted by molar-refractivity contribution is 6.28. The lowest BCUT2D eigenvalue weighted by Crippen LogP contribution is -2.07. The van der Waals surface area contributed by atoms with E-state index >= 15 is 0 Å². The first kappa shape index (κ1) is 37.0. The lowest BCUT2D eigenvalue weighted by atomic mass is 10.1. The SMILES string of the molecule is Cn1c(-n2c3ccccc3c3ccc4c(c5ccccc5n4-c4ccccc4)c32)nc2nc(-c3ccccc3)nc(-n3c4ccccc4c4ccc5c(c6ccccc6n5-c5ccccc5)c43)c21. The molecule has 0 N–H and O–H groups in total. The number of hydrogen-bond donors (Lipinski definition) is 0. The third-order valence-corrected chi connectivity index (χ3v) is 14.1. The third kappa shape index (κ3) is 4.95. The van der Waals surface area contributed by atoms with E-state index in [0.717, 1.165) is 105 Å². The molecule has 0 radical (unpaired) electrons. The van der Waals surface area contributed by atoms with Crippen LogP contribution < -0.4 is 0 Å². The van der Waals surface area contributed by atoms with Gasteiger partial charge in [0.2, 0.25) is 5.95 Å². The Bertz CT molecular complexity index is 4550. The van der Waals surface area contributed by atoms with E-state index in [-0.39, 0.29) is 0 Å². The van der Waals surface area contributed by atoms with Crippen molar-refractivity contribution in [3.05, 3.63) is 212 Å². The Morgan fingerprint density at radius 3 is 1.26 bits per heavy atom. The van der Waals surface area contributed by atoms with Crippen molar-refractivity contribution in [3.8, 4) is 34.5 Å². The summed E-state index contributed by atoms with van der Waals surface area (Å²) in [5, 5.41) is 9.29. The van der Waals surface area contributed by atoms with Gasteiger partial charge in [-0.3, -0.25) is 9.13 Å². The van der Waals surface area contributed by atoms with Gasteiger partial charge in [-0.1, -0.05) is 152 Å². The van der Waals surface area contributed by atoms with Gasteiger partial charge in [0.1, 0.15) is 5.52 Å². The summed E-state index contributed by atoms with van der Waals surface area (Å²) in [7, 11) is 2.12. The number of aryl methyl sites for hydroxylation is 1. The summed E-state index contributed by atoms with van der Waals surface area (Å²) in [4.78, 5) is 16.6. The van der Waals surface area contributed by atoms with Crippen LogP contribution in [0, 0.1) is 0 Å². The van der Waals surface area contributed by atoms with Crippen molar-refractivity contribution in [3.63, 3.8) is 0 Å². The van der Waals surface area contributed by atoms with E-state index in [1.807, 2.05) is 18.2 Å². The Morgan fingerprint density at radius 1 is 0.309 bits per heavy atom. The fraction of sp³-hybridized carbons (Fsp3) is 0.0167. The number of para-hydroxylation sites is 6. The van der Waals surface area contributed by atoms with Gasteiger partial charge in [0, 0.05) is 67.1 Å². The molecule has 0 aliphatic rings. The Balaban J connectivity index is 1.11. The first-order chi connectivity index (χ1) is 33.7. The predicted octanol–water partition coefficient (Wildman–Crippen LogP) is 14.4. The summed E-state index contributed by atoms with van der Waals surface area (Å²) in [5.74, 6) is 2.12. The Hall–Kier alpha value is -9.27. The fourth-order valence-electron chi connectivity index (χ4n) is 11.3. The number of nitrogens with zero attached hydrogens (tertiary/aromatic N) is 8. The molecule has 6 aromatic heterocycles. The lowest BCUT2D eigenvalue weighted by Gasteiger charge is -2.13. The van der Waals surface area contributed by atoms with Gasteiger partial charge in [-0.25, -0.2) is 9.97 Å². The molecule has 15 aromatic rings. The number of rotatable bonds is 5. The Morgan fingerprint density at radius 2 is 0.735 bits per heavy atom. The zero-order chi connectivity index (χ0) is 44.6. The van der Waals surface area contributed by atoms with Crippen LogP contribution in [0.25, 0.3) is 133 Å². The monoisotopic (exact) mass is 870 g/mol. The maximum absolute atomic E-state index is 5.65. The molecule has 0 amide bonds. The average Bonchev–Trinajstić information content (AvgIpc) is 4.19. The van der Waals surface area contributed by atoms with Crippen molar-refractivity contribution < 1.29 is 0 Å². The fourth-order valence-corrected chi connectivity index (χ4v) is 11.3. The summed E-state index contributed by atoms with van der Waals surface area (Å²) in [6.07, 6.45) is 0. The zero-order valence-electron chi connectivity index (χ0n) is 36.8. The van der Waals surface area contributed by atoms with Crippen LogP contribution in [0.5, 0.6) is 0 Å². The van der Waals surface area contributed by atoms with Crippen molar-refractivity contribution in [2.45, 2.75) is 0 Å². The summed E-state index contributed by atoms with van der Waals surface area (Å²) in [6.45, 7) is 0. The van der Waals surface area contributed by atoms with Crippen LogP contribution in [0.15, 0.2) is 212 Å². The predicted molar refractivity (Wildman–Crippen MR) is 279 cm³/mol. The van der Waals surface area contributed by atoms with Gasteiger partial charge in [-0.05, 0) is 60.7 Å². The maximum Gasteiger partial charge on any atom is 0.217 e. The van der Waals surface area contributed by atoms with E-state index in [1.165, 1.54) is 16.2 Å². The van der Waals surface area contributed by atoms with Crippen LogP contribution >= 0.6 is 0 Å². The average molecular weight is 871 g/mol. The van der Waals surface area contributed by atoms with Crippen molar-refractivity contribution in [1.82, 2.24) is 37.8 Å². The molecule has 0 saturated carbocycles. The minimum Gasteiger partial charge on any atom is -0.309 e. The van der Waals surface area contributed by atoms with E-state index in [2.05, 4.69) is 224 Å². The van der Waals surface area contributed by atoms with Gasteiger partial charge in [-0.15, -0.1) is 0 Å². The van der Waals surface area contributed by atoms with Crippen molar-refractivity contribution in [2.75, 3.05) is 0 Å². The molecule has 0 bridgehead atoms. The number of fused-ring (bicyclic) bond motifs is 15. The minimum atomic E-state index is 0.609. The second-order valence-corrected chi connectivity index (χ2v) is 17.7. The topological polar surface area (TPSA) is 63.3 Å². The molecular formula is C60H38N8. The van der Waals surface area contributed by atoms with Gasteiger partial charge in [0.05, 0.1) is 44.1 Å². The maximum atomic E-state index is 5.65. The van der Waals surface area contributed by atoms with Gasteiger partial charge in [0.25, 0.3) is 0 Å². The van der Waals surface area contributed by atoms with E-state index in [0.29, 0.717) is 11.5 Å². The largest absolute Gasteiger partial charge is 0.309 e. The van der Waals surface area contributed by atoms with Crippen LogP contribution in [0.4, 0.5) is 0 Å². The molecule has 0 atom stereocenters. The number of benzene rings is 9. The molecule has 68 heavy (non-hydrogen) atoms. The summed E-state index contributed by atoms with van der Waals surface area (Å²) in [6, 6.07) is 75.7. The zero-order valence-corrected chi connectivity index (χ0v) is 36.8. The van der Waals surface area contributed by atoms with E-state index < -0.39 is 0 Å². The number of hydrogen-bond acceptors (Lipinski definition) is 3. The van der Waals surface area contributed by atoms with Crippen molar-refractivity contribution in [2.24, 2.45) is 7.05 Å². The highest BCUT2D eigenvalue weighted by Gasteiger charge is 2.28. The number of imidazole rings is 1. The molecule has 0 saturated heterocycles. The summed E-state index contributed by atoms with van der Waals surface area (Å²) >= 11 is 0. The van der Waals surface area contributed by atoms with E-state index in [4.69, 9.17) is 15.0 Å². The van der Waals surface area contributed by atoms with E-state index in [9.17, 15) is 0 Å². The lowest BCUT2D eigenvalue weighted by molar-refractivity contribution is 0.865. The molecule has 6 heterocycles. The van der Waals surface area contributed by atoms with E-state index in [1.54, 1.807) is 0 Å². The molecule has 0 unspecified atom stereocenters. The molecule has 15 rings (SSSR count). The molecule has 0 aliphatic carbocycles. The first-order valence-corrected chi connectivity index (χ1v) is 23.0. The van der Waals surface area contributed by atoms with Gasteiger partial charge in [0.15, 0.2) is 17.3 Å². The minimum absolute atomic E-state index is 0.609. The summed E-state index contributed by atoms with van der Waals surface area (Å²) < 4.78 is 11.7. The van der Waals surface area contributed by atoms with Crippen LogP contribution in [0.3, 0.4) is 0 Å². The van der Waals surface area contributed by atoms with Gasteiger partial charge in [-0.2, -0.15) is 4.98 Å². The smallest absolute Gasteiger partial charge is 0.217 e. The molecular weight excluding hydrogens is 833 g/mol.